The van der Waals surface area contributed by atoms with E-state index in [2.05, 4.69) is 0 Å². The number of benzene rings is 1. The van der Waals surface area contributed by atoms with E-state index in [9.17, 15) is 14.4 Å². The minimum absolute atomic E-state index is 0.247. The van der Waals surface area contributed by atoms with Crippen molar-refractivity contribution in [2.45, 2.75) is 13.3 Å². The number of fused-ring (bicyclic) bond motifs is 1. The lowest BCUT2D eigenvalue weighted by atomic mass is 9.86. The first kappa shape index (κ1) is 11.5. The molecule has 1 aromatic carbocycles. The van der Waals surface area contributed by atoms with E-state index < -0.39 is 11.6 Å². The molecule has 2 rings (SSSR count). The summed E-state index contributed by atoms with van der Waals surface area (Å²) in [5, 5.41) is 0. The van der Waals surface area contributed by atoms with Crippen molar-refractivity contribution < 1.29 is 14.4 Å². The predicted octanol–water partition coefficient (Wildman–Crippen LogP) is 2.06. The SMILES string of the molecule is C[C@H](C=O)CC1=Cc2ccccc2C(=O)C1=O. The molecule has 0 N–H and O–H groups in total. The molecule has 1 aliphatic carbocycles. The van der Waals surface area contributed by atoms with E-state index in [0.29, 0.717) is 17.6 Å². The minimum Gasteiger partial charge on any atom is -0.303 e. The first-order valence-corrected chi connectivity index (χ1v) is 5.47. The van der Waals surface area contributed by atoms with Crippen LogP contribution in [0, 0.1) is 5.92 Å². The molecule has 1 aromatic rings. The van der Waals surface area contributed by atoms with Gasteiger partial charge < -0.3 is 4.79 Å². The van der Waals surface area contributed by atoms with Gasteiger partial charge in [-0.2, -0.15) is 0 Å². The van der Waals surface area contributed by atoms with Crippen LogP contribution in [-0.4, -0.2) is 17.9 Å². The van der Waals surface area contributed by atoms with Crippen molar-refractivity contribution in [2.75, 3.05) is 0 Å². The Kier molecular flexibility index (Phi) is 3.00. The van der Waals surface area contributed by atoms with Crippen molar-refractivity contribution in [1.82, 2.24) is 0 Å². The quantitative estimate of drug-likeness (QED) is 0.587. The zero-order valence-corrected chi connectivity index (χ0v) is 9.47. The van der Waals surface area contributed by atoms with Gasteiger partial charge in [0.1, 0.15) is 6.29 Å². The third kappa shape index (κ3) is 2.09. The normalized spacial score (nSPS) is 16.2. The number of carbonyl (C=O) groups is 3. The largest absolute Gasteiger partial charge is 0.303 e. The smallest absolute Gasteiger partial charge is 0.233 e. The highest BCUT2D eigenvalue weighted by molar-refractivity contribution is 6.51. The number of carbonyl (C=O) groups excluding carboxylic acids is 3. The van der Waals surface area contributed by atoms with Crippen molar-refractivity contribution in [3.8, 4) is 0 Å². The molecule has 0 fully saturated rings. The molecule has 0 spiro atoms. The molecule has 0 amide bonds. The average molecular weight is 228 g/mol. The minimum atomic E-state index is -0.489. The lowest BCUT2D eigenvalue weighted by Gasteiger charge is -2.15. The van der Waals surface area contributed by atoms with Gasteiger partial charge in [-0.3, -0.25) is 9.59 Å². The second-order valence-electron chi connectivity index (χ2n) is 4.23. The Balaban J connectivity index is 2.42. The van der Waals surface area contributed by atoms with Crippen LogP contribution in [0.3, 0.4) is 0 Å². The molecule has 1 aliphatic rings. The van der Waals surface area contributed by atoms with Crippen LogP contribution in [0.25, 0.3) is 6.08 Å². The molecule has 86 valence electrons. The summed E-state index contributed by atoms with van der Waals surface area (Å²) in [6.07, 6.45) is 2.82. The molecule has 0 radical (unpaired) electrons. The van der Waals surface area contributed by atoms with Gasteiger partial charge in [0, 0.05) is 17.1 Å². The van der Waals surface area contributed by atoms with E-state index in [1.165, 1.54) is 0 Å². The summed E-state index contributed by atoms with van der Waals surface area (Å²) in [5.41, 5.74) is 1.62. The van der Waals surface area contributed by atoms with Gasteiger partial charge in [0.2, 0.25) is 11.6 Å². The molecule has 0 aromatic heterocycles. The number of hydrogen-bond donors (Lipinski definition) is 0. The summed E-state index contributed by atoms with van der Waals surface area (Å²) in [6, 6.07) is 6.99. The van der Waals surface area contributed by atoms with Gasteiger partial charge in [-0.15, -0.1) is 0 Å². The monoisotopic (exact) mass is 228 g/mol. The zero-order chi connectivity index (χ0) is 12.4. The molecule has 0 unspecified atom stereocenters. The van der Waals surface area contributed by atoms with Crippen LogP contribution in [0.5, 0.6) is 0 Å². The summed E-state index contributed by atoms with van der Waals surface area (Å²) in [7, 11) is 0. The third-order valence-corrected chi connectivity index (χ3v) is 2.81. The Hall–Kier alpha value is -2.03. The average Bonchev–Trinajstić information content (AvgIpc) is 2.35. The Morgan fingerprint density at radius 1 is 1.18 bits per heavy atom. The number of rotatable bonds is 3. The van der Waals surface area contributed by atoms with Gasteiger partial charge in [-0.05, 0) is 18.1 Å². The number of allylic oxidation sites excluding steroid dienone is 1. The molecule has 1 atom stereocenters. The summed E-state index contributed by atoms with van der Waals surface area (Å²) >= 11 is 0. The van der Waals surface area contributed by atoms with Crippen LogP contribution in [0.1, 0.15) is 29.3 Å². The number of aldehydes is 1. The van der Waals surface area contributed by atoms with Crippen molar-refractivity contribution in [1.29, 1.82) is 0 Å². The molecule has 0 saturated heterocycles. The molecule has 17 heavy (non-hydrogen) atoms. The van der Waals surface area contributed by atoms with E-state index in [0.717, 1.165) is 11.8 Å². The predicted molar refractivity (Wildman–Crippen MR) is 63.6 cm³/mol. The van der Waals surface area contributed by atoms with Gasteiger partial charge in [0.05, 0.1) is 0 Å². The second kappa shape index (κ2) is 4.45. The van der Waals surface area contributed by atoms with Gasteiger partial charge in [0.15, 0.2) is 0 Å². The Morgan fingerprint density at radius 3 is 2.59 bits per heavy atom. The van der Waals surface area contributed by atoms with Crippen molar-refractivity contribution in [3.05, 3.63) is 41.0 Å². The van der Waals surface area contributed by atoms with Gasteiger partial charge in [-0.1, -0.05) is 31.2 Å². The van der Waals surface area contributed by atoms with Gasteiger partial charge in [-0.25, -0.2) is 0 Å². The second-order valence-corrected chi connectivity index (χ2v) is 4.23. The summed E-state index contributed by atoms with van der Waals surface area (Å²) in [4.78, 5) is 34.2. The lowest BCUT2D eigenvalue weighted by molar-refractivity contribution is -0.112. The van der Waals surface area contributed by atoms with Crippen LogP contribution in [0.4, 0.5) is 0 Å². The van der Waals surface area contributed by atoms with Crippen LogP contribution >= 0.6 is 0 Å². The summed E-state index contributed by atoms with van der Waals surface area (Å²) < 4.78 is 0. The van der Waals surface area contributed by atoms with Crippen molar-refractivity contribution in [2.24, 2.45) is 5.92 Å². The standard InChI is InChI=1S/C14H12O3/c1-9(8-15)6-11-7-10-4-2-3-5-12(10)14(17)13(11)16/h2-5,7-9H,6H2,1H3/t9-/m0/s1. The van der Waals surface area contributed by atoms with Crippen LogP contribution in [-0.2, 0) is 9.59 Å². The van der Waals surface area contributed by atoms with Crippen LogP contribution < -0.4 is 0 Å². The lowest BCUT2D eigenvalue weighted by Crippen LogP contribution is -2.22. The van der Waals surface area contributed by atoms with E-state index in [1.807, 2.05) is 6.07 Å². The molecule has 3 nitrogen and oxygen atoms in total. The maximum Gasteiger partial charge on any atom is 0.233 e. The highest BCUT2D eigenvalue weighted by Gasteiger charge is 2.27. The fourth-order valence-corrected chi connectivity index (χ4v) is 1.90. The van der Waals surface area contributed by atoms with E-state index >= 15 is 0 Å². The van der Waals surface area contributed by atoms with E-state index in [4.69, 9.17) is 0 Å². The number of hydrogen-bond acceptors (Lipinski definition) is 3. The molecule has 0 bridgehead atoms. The topological polar surface area (TPSA) is 51.2 Å². The van der Waals surface area contributed by atoms with E-state index in [1.54, 1.807) is 31.2 Å². The van der Waals surface area contributed by atoms with Crippen LogP contribution in [0.15, 0.2) is 29.8 Å². The fraction of sp³-hybridized carbons (Fsp3) is 0.214. The highest BCUT2D eigenvalue weighted by Crippen LogP contribution is 2.25. The Labute approximate surface area is 99.1 Å². The fourth-order valence-electron chi connectivity index (χ4n) is 1.90. The molecular formula is C14H12O3. The number of Topliss-reactive ketones (excluding diaryl/α,β-unsaturated/α-hetero) is 2. The summed E-state index contributed by atoms with van der Waals surface area (Å²) in [6.45, 7) is 1.73. The van der Waals surface area contributed by atoms with Crippen molar-refractivity contribution in [3.63, 3.8) is 0 Å². The Bertz CT molecular complexity index is 526. The first-order valence-electron chi connectivity index (χ1n) is 5.47. The molecule has 0 saturated carbocycles. The number of ketones is 2. The van der Waals surface area contributed by atoms with Gasteiger partial charge in [0.25, 0.3) is 0 Å². The van der Waals surface area contributed by atoms with Crippen molar-refractivity contribution >= 4 is 23.9 Å². The highest BCUT2D eigenvalue weighted by atomic mass is 16.2. The zero-order valence-electron chi connectivity index (χ0n) is 9.47. The van der Waals surface area contributed by atoms with E-state index in [-0.39, 0.29) is 5.92 Å². The summed E-state index contributed by atoms with van der Waals surface area (Å²) in [5.74, 6) is -1.21. The van der Waals surface area contributed by atoms with Crippen LogP contribution in [0.2, 0.25) is 0 Å². The molecule has 3 heteroatoms. The Morgan fingerprint density at radius 2 is 1.88 bits per heavy atom. The molecule has 0 heterocycles. The first-order chi connectivity index (χ1) is 8.13. The van der Waals surface area contributed by atoms with Gasteiger partial charge >= 0.3 is 0 Å². The maximum absolute atomic E-state index is 11.8. The molecule has 0 aliphatic heterocycles. The molecular weight excluding hydrogens is 216 g/mol. The maximum atomic E-state index is 11.8. The third-order valence-electron chi connectivity index (χ3n) is 2.81.